The molecule has 2 rings (SSSR count). The second-order valence-corrected chi connectivity index (χ2v) is 4.94. The van der Waals surface area contributed by atoms with E-state index in [0.717, 1.165) is 13.1 Å². The largest absolute Gasteiger partial charge is 0.317 e. The lowest BCUT2D eigenvalue weighted by Crippen LogP contribution is -2.32. The number of benzene rings is 1. The van der Waals surface area contributed by atoms with Crippen molar-refractivity contribution in [3.63, 3.8) is 0 Å². The summed E-state index contributed by atoms with van der Waals surface area (Å²) in [6.45, 7) is 8.63. The molecule has 1 saturated heterocycles. The Balaban J connectivity index is 2.13. The van der Waals surface area contributed by atoms with Crippen molar-refractivity contribution in [2.24, 2.45) is 5.92 Å². The fourth-order valence-electron chi connectivity index (χ4n) is 2.52. The Morgan fingerprint density at radius 1 is 1.29 bits per heavy atom. The highest BCUT2D eigenvalue weighted by Crippen LogP contribution is 2.28. The maximum atomic E-state index is 3.45. The van der Waals surface area contributed by atoms with Crippen LogP contribution < -0.4 is 16.2 Å². The zero-order valence-corrected chi connectivity index (χ0v) is 11.0. The number of hydrazine groups is 1. The summed E-state index contributed by atoms with van der Waals surface area (Å²) < 4.78 is 0. The lowest BCUT2D eigenvalue weighted by molar-refractivity contribution is 0.408. The van der Waals surface area contributed by atoms with Gasteiger partial charge >= 0.3 is 0 Å². The van der Waals surface area contributed by atoms with Crippen molar-refractivity contribution in [3.05, 3.63) is 35.4 Å². The highest BCUT2D eigenvalue weighted by Gasteiger charge is 2.33. The van der Waals surface area contributed by atoms with Crippen LogP contribution in [0, 0.1) is 12.8 Å². The molecule has 1 fully saturated rings. The van der Waals surface area contributed by atoms with Crippen LogP contribution in [0.25, 0.3) is 0 Å². The van der Waals surface area contributed by atoms with Gasteiger partial charge in [0.05, 0.1) is 6.04 Å². The Labute approximate surface area is 104 Å². The van der Waals surface area contributed by atoms with Crippen LogP contribution >= 0.6 is 0 Å². The molecule has 3 N–H and O–H groups in total. The molecule has 1 aliphatic rings. The van der Waals surface area contributed by atoms with Gasteiger partial charge in [-0.05, 0) is 26.0 Å². The summed E-state index contributed by atoms with van der Waals surface area (Å²) >= 11 is 0. The summed E-state index contributed by atoms with van der Waals surface area (Å²) in [7, 11) is 0. The molecular weight excluding hydrogens is 210 g/mol. The SMILES string of the molecule is CCNCC1C(C)NNC1c1cccc(C)c1. The molecule has 0 aliphatic carbocycles. The van der Waals surface area contributed by atoms with Gasteiger partial charge in [0, 0.05) is 18.5 Å². The molecule has 1 aliphatic heterocycles. The van der Waals surface area contributed by atoms with Gasteiger partial charge in [0.15, 0.2) is 0 Å². The molecule has 1 aromatic carbocycles. The molecule has 0 amide bonds. The summed E-state index contributed by atoms with van der Waals surface area (Å²) in [6, 6.07) is 9.68. The molecular formula is C14H23N3. The monoisotopic (exact) mass is 233 g/mol. The predicted molar refractivity (Wildman–Crippen MR) is 71.7 cm³/mol. The Hall–Kier alpha value is -0.900. The lowest BCUT2D eigenvalue weighted by Gasteiger charge is -2.21. The quantitative estimate of drug-likeness (QED) is 0.741. The standard InChI is InChI=1S/C14H23N3/c1-4-15-9-13-11(3)16-17-14(13)12-7-5-6-10(2)8-12/h5-8,11,13-17H,4,9H2,1-3H3. The number of hydrogen-bond acceptors (Lipinski definition) is 3. The van der Waals surface area contributed by atoms with E-state index in [2.05, 4.69) is 61.2 Å². The maximum Gasteiger partial charge on any atom is 0.0518 e. The van der Waals surface area contributed by atoms with Crippen molar-refractivity contribution in [1.82, 2.24) is 16.2 Å². The fraction of sp³-hybridized carbons (Fsp3) is 0.571. The van der Waals surface area contributed by atoms with Crippen molar-refractivity contribution in [3.8, 4) is 0 Å². The van der Waals surface area contributed by atoms with Gasteiger partial charge in [0.1, 0.15) is 0 Å². The highest BCUT2D eigenvalue weighted by atomic mass is 15.4. The minimum Gasteiger partial charge on any atom is -0.317 e. The van der Waals surface area contributed by atoms with Crippen LogP contribution in [-0.4, -0.2) is 19.1 Å². The van der Waals surface area contributed by atoms with Gasteiger partial charge in [-0.15, -0.1) is 0 Å². The molecule has 94 valence electrons. The summed E-state index contributed by atoms with van der Waals surface area (Å²) in [6.07, 6.45) is 0. The first-order valence-corrected chi connectivity index (χ1v) is 6.50. The first-order valence-electron chi connectivity index (χ1n) is 6.50. The number of aryl methyl sites for hydroxylation is 1. The third kappa shape index (κ3) is 2.86. The van der Waals surface area contributed by atoms with Crippen molar-refractivity contribution in [1.29, 1.82) is 0 Å². The van der Waals surface area contributed by atoms with Gasteiger partial charge in [-0.1, -0.05) is 36.8 Å². The Morgan fingerprint density at radius 3 is 2.82 bits per heavy atom. The van der Waals surface area contributed by atoms with Gasteiger partial charge in [-0.2, -0.15) is 0 Å². The zero-order chi connectivity index (χ0) is 12.3. The second kappa shape index (κ2) is 5.63. The van der Waals surface area contributed by atoms with Gasteiger partial charge < -0.3 is 5.32 Å². The molecule has 0 bridgehead atoms. The van der Waals surface area contributed by atoms with Gasteiger partial charge in [0.2, 0.25) is 0 Å². The molecule has 1 aromatic rings. The molecule has 0 aromatic heterocycles. The van der Waals surface area contributed by atoms with Crippen LogP contribution in [0.4, 0.5) is 0 Å². The summed E-state index contributed by atoms with van der Waals surface area (Å²) in [5.41, 5.74) is 9.48. The number of nitrogens with one attached hydrogen (secondary N) is 3. The van der Waals surface area contributed by atoms with E-state index in [-0.39, 0.29) is 0 Å². The first kappa shape index (κ1) is 12.6. The van der Waals surface area contributed by atoms with E-state index in [0.29, 0.717) is 18.0 Å². The molecule has 3 nitrogen and oxygen atoms in total. The Bertz CT molecular complexity index is 364. The van der Waals surface area contributed by atoms with Crippen molar-refractivity contribution < 1.29 is 0 Å². The summed E-state index contributed by atoms with van der Waals surface area (Å²) in [5, 5.41) is 3.45. The zero-order valence-electron chi connectivity index (χ0n) is 11.0. The maximum absolute atomic E-state index is 3.45. The Morgan fingerprint density at radius 2 is 2.12 bits per heavy atom. The molecule has 3 atom stereocenters. The van der Waals surface area contributed by atoms with E-state index in [1.165, 1.54) is 11.1 Å². The molecule has 3 unspecified atom stereocenters. The van der Waals surface area contributed by atoms with Gasteiger partial charge in [-0.3, -0.25) is 5.43 Å². The smallest absolute Gasteiger partial charge is 0.0518 e. The Kier molecular flexibility index (Phi) is 4.15. The van der Waals surface area contributed by atoms with Crippen LogP contribution in [0.15, 0.2) is 24.3 Å². The average molecular weight is 233 g/mol. The predicted octanol–water partition coefficient (Wildman–Crippen LogP) is 1.76. The van der Waals surface area contributed by atoms with Crippen molar-refractivity contribution in [2.75, 3.05) is 13.1 Å². The molecule has 3 heteroatoms. The minimum absolute atomic E-state index is 0.406. The first-order chi connectivity index (χ1) is 8.22. The van der Waals surface area contributed by atoms with Crippen LogP contribution in [0.2, 0.25) is 0 Å². The third-order valence-electron chi connectivity index (χ3n) is 3.57. The third-order valence-corrected chi connectivity index (χ3v) is 3.57. The topological polar surface area (TPSA) is 36.1 Å². The van der Waals surface area contributed by atoms with E-state index in [4.69, 9.17) is 0 Å². The van der Waals surface area contributed by atoms with E-state index in [1.807, 2.05) is 0 Å². The normalized spacial score (nSPS) is 28.5. The van der Waals surface area contributed by atoms with Crippen LogP contribution in [-0.2, 0) is 0 Å². The number of rotatable bonds is 4. The molecule has 1 heterocycles. The lowest BCUT2D eigenvalue weighted by atomic mass is 9.89. The van der Waals surface area contributed by atoms with E-state index < -0.39 is 0 Å². The van der Waals surface area contributed by atoms with Crippen molar-refractivity contribution >= 4 is 0 Å². The van der Waals surface area contributed by atoms with Crippen LogP contribution in [0.5, 0.6) is 0 Å². The van der Waals surface area contributed by atoms with E-state index in [1.54, 1.807) is 0 Å². The second-order valence-electron chi connectivity index (χ2n) is 4.94. The summed E-state index contributed by atoms with van der Waals surface area (Å²) in [5.74, 6) is 0.594. The average Bonchev–Trinajstić information content (AvgIpc) is 2.68. The van der Waals surface area contributed by atoms with E-state index >= 15 is 0 Å². The van der Waals surface area contributed by atoms with Crippen LogP contribution in [0.1, 0.15) is 31.0 Å². The molecule has 0 spiro atoms. The highest BCUT2D eigenvalue weighted by molar-refractivity contribution is 5.26. The van der Waals surface area contributed by atoms with Gasteiger partial charge in [-0.25, -0.2) is 5.43 Å². The van der Waals surface area contributed by atoms with Gasteiger partial charge in [0.25, 0.3) is 0 Å². The summed E-state index contributed by atoms with van der Waals surface area (Å²) in [4.78, 5) is 0. The number of hydrogen-bond donors (Lipinski definition) is 3. The molecule has 0 radical (unpaired) electrons. The molecule has 0 saturated carbocycles. The minimum atomic E-state index is 0.406. The fourth-order valence-corrected chi connectivity index (χ4v) is 2.52. The van der Waals surface area contributed by atoms with E-state index in [9.17, 15) is 0 Å². The van der Waals surface area contributed by atoms with Crippen LogP contribution in [0.3, 0.4) is 0 Å². The molecule has 17 heavy (non-hydrogen) atoms. The van der Waals surface area contributed by atoms with Crippen molar-refractivity contribution in [2.45, 2.75) is 32.9 Å².